The second-order valence-corrected chi connectivity index (χ2v) is 6.74. The third kappa shape index (κ3) is 5.65. The van der Waals surface area contributed by atoms with Gasteiger partial charge in [0.1, 0.15) is 0 Å². The minimum atomic E-state index is -1.89. The molecule has 2 unspecified atom stereocenters. The Morgan fingerprint density at radius 2 is 0.929 bits per heavy atom. The summed E-state index contributed by atoms with van der Waals surface area (Å²) >= 11 is 10.9. The molecular formula is C20H16Cl2O6. The minimum absolute atomic E-state index is 0.124. The lowest BCUT2D eigenvalue weighted by Gasteiger charge is -2.21. The summed E-state index contributed by atoms with van der Waals surface area (Å²) in [6.07, 6.45) is -3.79. The van der Waals surface area contributed by atoms with E-state index in [1.165, 1.54) is 24.3 Å². The van der Waals surface area contributed by atoms with Crippen LogP contribution in [0.15, 0.2) is 48.5 Å². The molecule has 2 aromatic rings. The van der Waals surface area contributed by atoms with Gasteiger partial charge in [-0.2, -0.15) is 0 Å². The first-order valence-electron chi connectivity index (χ1n) is 8.13. The highest BCUT2D eigenvalue weighted by molar-refractivity contribution is 6.67. The van der Waals surface area contributed by atoms with Crippen molar-refractivity contribution in [3.63, 3.8) is 0 Å². The van der Waals surface area contributed by atoms with Crippen LogP contribution >= 0.6 is 23.2 Å². The monoisotopic (exact) mass is 422 g/mol. The first-order chi connectivity index (χ1) is 13.2. The Morgan fingerprint density at radius 1 is 0.643 bits per heavy atom. The van der Waals surface area contributed by atoms with Crippen molar-refractivity contribution in [2.75, 3.05) is 0 Å². The fourth-order valence-electron chi connectivity index (χ4n) is 2.20. The molecule has 0 spiro atoms. The number of hydrogen-bond acceptors (Lipinski definition) is 6. The SMILES string of the molecule is Cc1ccc(C(=O)OC(C(=O)Cl)C(OC(=O)c2ccc(C)cc2)C(=O)Cl)cc1. The van der Waals surface area contributed by atoms with Crippen LogP contribution in [0, 0.1) is 13.8 Å². The molecule has 0 N–H and O–H groups in total. The van der Waals surface area contributed by atoms with E-state index in [4.69, 9.17) is 32.7 Å². The number of aryl methyl sites for hydroxylation is 2. The summed E-state index contributed by atoms with van der Waals surface area (Å²) in [5.74, 6) is -1.85. The van der Waals surface area contributed by atoms with Crippen molar-refractivity contribution < 1.29 is 28.7 Å². The van der Waals surface area contributed by atoms with Gasteiger partial charge in [-0.15, -0.1) is 0 Å². The van der Waals surface area contributed by atoms with Crippen LogP contribution in [0.3, 0.4) is 0 Å². The fourth-order valence-corrected chi connectivity index (χ4v) is 2.52. The highest BCUT2D eigenvalue weighted by Gasteiger charge is 2.39. The number of benzene rings is 2. The van der Waals surface area contributed by atoms with Crippen LogP contribution in [0.2, 0.25) is 0 Å². The predicted molar refractivity (Wildman–Crippen MR) is 102 cm³/mol. The van der Waals surface area contributed by atoms with Crippen LogP contribution in [-0.4, -0.2) is 34.6 Å². The average molecular weight is 423 g/mol. The van der Waals surface area contributed by atoms with E-state index in [2.05, 4.69) is 0 Å². The first kappa shape index (κ1) is 21.6. The van der Waals surface area contributed by atoms with Gasteiger partial charge in [-0.1, -0.05) is 35.4 Å². The molecule has 0 saturated carbocycles. The molecule has 0 aliphatic carbocycles. The second-order valence-electron chi connectivity index (χ2n) is 5.99. The molecule has 6 nitrogen and oxygen atoms in total. The highest BCUT2D eigenvalue weighted by Crippen LogP contribution is 2.17. The van der Waals surface area contributed by atoms with Crippen molar-refractivity contribution in [2.24, 2.45) is 0 Å². The number of esters is 2. The van der Waals surface area contributed by atoms with Gasteiger partial charge in [0.05, 0.1) is 11.1 Å². The number of hydrogen-bond donors (Lipinski definition) is 0. The van der Waals surface area contributed by atoms with E-state index in [0.717, 1.165) is 11.1 Å². The maximum Gasteiger partial charge on any atom is 0.339 e. The molecule has 2 aromatic carbocycles. The minimum Gasteiger partial charge on any atom is -0.445 e. The number of ether oxygens (including phenoxy) is 2. The summed E-state index contributed by atoms with van der Waals surface area (Å²) in [5.41, 5.74) is 2.06. The lowest BCUT2D eigenvalue weighted by Crippen LogP contribution is -2.43. The summed E-state index contributed by atoms with van der Waals surface area (Å²) in [6.45, 7) is 3.65. The molecule has 0 aliphatic heterocycles. The topological polar surface area (TPSA) is 86.7 Å². The zero-order valence-corrected chi connectivity index (χ0v) is 16.5. The molecule has 8 heteroatoms. The van der Waals surface area contributed by atoms with E-state index in [0.29, 0.717) is 0 Å². The van der Waals surface area contributed by atoms with Crippen molar-refractivity contribution in [3.8, 4) is 0 Å². The first-order valence-corrected chi connectivity index (χ1v) is 8.88. The predicted octanol–water partition coefficient (Wildman–Crippen LogP) is 3.59. The van der Waals surface area contributed by atoms with Crippen molar-refractivity contribution in [1.82, 2.24) is 0 Å². The molecule has 146 valence electrons. The van der Waals surface area contributed by atoms with Crippen molar-refractivity contribution in [1.29, 1.82) is 0 Å². The van der Waals surface area contributed by atoms with Gasteiger partial charge in [-0.25, -0.2) is 9.59 Å². The van der Waals surface area contributed by atoms with Crippen LogP contribution in [-0.2, 0) is 19.1 Å². The van der Waals surface area contributed by atoms with Crippen LogP contribution in [0.4, 0.5) is 0 Å². The normalized spacial score (nSPS) is 12.6. The second kappa shape index (κ2) is 9.48. The van der Waals surface area contributed by atoms with Gasteiger partial charge in [0.15, 0.2) is 0 Å². The summed E-state index contributed by atoms with van der Waals surface area (Å²) < 4.78 is 10.0. The maximum atomic E-state index is 12.3. The van der Waals surface area contributed by atoms with E-state index in [9.17, 15) is 19.2 Å². The lowest BCUT2D eigenvalue weighted by molar-refractivity contribution is -0.135. The van der Waals surface area contributed by atoms with Crippen molar-refractivity contribution in [2.45, 2.75) is 26.1 Å². The molecule has 0 bridgehead atoms. The molecule has 2 rings (SSSR count). The molecule has 2 atom stereocenters. The molecule has 0 heterocycles. The van der Waals surface area contributed by atoms with Crippen molar-refractivity contribution in [3.05, 3.63) is 70.8 Å². The number of halogens is 2. The quantitative estimate of drug-likeness (QED) is 0.500. The van der Waals surface area contributed by atoms with Gasteiger partial charge >= 0.3 is 11.9 Å². The Bertz CT molecular complexity index is 814. The Kier molecular flexibility index (Phi) is 7.31. The van der Waals surface area contributed by atoms with Crippen LogP contribution < -0.4 is 0 Å². The van der Waals surface area contributed by atoms with E-state index in [1.54, 1.807) is 24.3 Å². The Hall–Kier alpha value is -2.70. The number of carbonyl (C=O) groups excluding carboxylic acids is 4. The van der Waals surface area contributed by atoms with Crippen LogP contribution in [0.1, 0.15) is 31.8 Å². The molecule has 0 amide bonds. The molecule has 0 radical (unpaired) electrons. The van der Waals surface area contributed by atoms with Gasteiger partial charge in [-0.05, 0) is 61.3 Å². The number of rotatable bonds is 7. The van der Waals surface area contributed by atoms with Gasteiger partial charge in [-0.3, -0.25) is 9.59 Å². The third-order valence-electron chi connectivity index (χ3n) is 3.76. The van der Waals surface area contributed by atoms with E-state index < -0.39 is 34.6 Å². The third-order valence-corrected chi connectivity index (χ3v) is 4.20. The molecule has 28 heavy (non-hydrogen) atoms. The van der Waals surface area contributed by atoms with Gasteiger partial charge in [0.2, 0.25) is 12.2 Å². The zero-order valence-electron chi connectivity index (χ0n) is 15.0. The van der Waals surface area contributed by atoms with E-state index in [-0.39, 0.29) is 11.1 Å². The van der Waals surface area contributed by atoms with Gasteiger partial charge in [0.25, 0.3) is 10.5 Å². The average Bonchev–Trinajstić information content (AvgIpc) is 2.64. The molecule has 0 aliphatic rings. The van der Waals surface area contributed by atoms with Gasteiger partial charge in [0, 0.05) is 0 Å². The maximum absolute atomic E-state index is 12.3. The lowest BCUT2D eigenvalue weighted by atomic mass is 10.1. The zero-order chi connectivity index (χ0) is 20.8. The summed E-state index contributed by atoms with van der Waals surface area (Å²) in [5, 5.41) is -2.42. The van der Waals surface area contributed by atoms with Crippen LogP contribution in [0.25, 0.3) is 0 Å². The van der Waals surface area contributed by atoms with Crippen LogP contribution in [0.5, 0.6) is 0 Å². The standard InChI is InChI=1S/C20H16Cl2O6/c1-11-3-7-13(8-4-11)19(25)27-15(17(21)23)16(18(22)24)28-20(26)14-9-5-12(2)6-10-14/h3-10,15-16H,1-2H3. The molecule has 0 fully saturated rings. The molecular weight excluding hydrogens is 407 g/mol. The largest absolute Gasteiger partial charge is 0.445 e. The fraction of sp³-hybridized carbons (Fsp3) is 0.200. The van der Waals surface area contributed by atoms with Gasteiger partial charge < -0.3 is 9.47 Å². The smallest absolute Gasteiger partial charge is 0.339 e. The molecule has 0 aromatic heterocycles. The Morgan fingerprint density at radius 3 is 1.18 bits per heavy atom. The summed E-state index contributed by atoms with van der Waals surface area (Å²) in [7, 11) is 0. The number of carbonyl (C=O) groups is 4. The van der Waals surface area contributed by atoms with E-state index >= 15 is 0 Å². The molecule has 0 saturated heterocycles. The Labute approximate surface area is 171 Å². The van der Waals surface area contributed by atoms with E-state index in [1.807, 2.05) is 13.8 Å². The highest BCUT2D eigenvalue weighted by atomic mass is 35.5. The summed E-state index contributed by atoms with van der Waals surface area (Å²) in [6, 6.07) is 12.6. The summed E-state index contributed by atoms with van der Waals surface area (Å²) in [4.78, 5) is 48.0. The Balaban J connectivity index is 2.21. The van der Waals surface area contributed by atoms with Crippen molar-refractivity contribution >= 4 is 45.6 Å².